The fourth-order valence-corrected chi connectivity index (χ4v) is 1.14. The zero-order chi connectivity index (χ0) is 14.8. The zero-order valence-corrected chi connectivity index (χ0v) is 10.6. The minimum Gasteiger partial charge on any atom is -0.478 e. The molecule has 0 aromatic heterocycles. The summed E-state index contributed by atoms with van der Waals surface area (Å²) in [5.41, 5.74) is 0.167. The average Bonchev–Trinajstić information content (AvgIpc) is 2.37. The number of carbonyl (C=O) groups is 2. The lowest BCUT2D eigenvalue weighted by Crippen LogP contribution is -2.02. The molecular formula is C13H18O6. The Morgan fingerprint density at radius 1 is 1.00 bits per heavy atom. The van der Waals surface area contributed by atoms with E-state index in [9.17, 15) is 9.59 Å². The summed E-state index contributed by atoms with van der Waals surface area (Å²) in [5.74, 6) is -2.13. The van der Waals surface area contributed by atoms with Gasteiger partial charge in [0, 0.05) is 0 Å². The van der Waals surface area contributed by atoms with Gasteiger partial charge in [-0.2, -0.15) is 0 Å². The second kappa shape index (κ2) is 9.07. The van der Waals surface area contributed by atoms with Crippen LogP contribution >= 0.6 is 0 Å². The van der Waals surface area contributed by atoms with Gasteiger partial charge in [-0.05, 0) is 37.1 Å². The Labute approximate surface area is 110 Å². The van der Waals surface area contributed by atoms with Gasteiger partial charge in [-0.15, -0.1) is 0 Å². The minimum absolute atomic E-state index is 0.0833. The number of rotatable bonds is 5. The van der Waals surface area contributed by atoms with Crippen LogP contribution in [0.25, 0.3) is 0 Å². The lowest BCUT2D eigenvalue weighted by Gasteiger charge is -1.97. The zero-order valence-electron chi connectivity index (χ0n) is 10.6. The van der Waals surface area contributed by atoms with Crippen molar-refractivity contribution in [2.24, 2.45) is 0 Å². The highest BCUT2D eigenvalue weighted by Crippen LogP contribution is 2.03. The molecule has 0 amide bonds. The van der Waals surface area contributed by atoms with Crippen LogP contribution < -0.4 is 0 Å². The molecule has 106 valence electrons. The van der Waals surface area contributed by atoms with Crippen LogP contribution in [0.3, 0.4) is 0 Å². The van der Waals surface area contributed by atoms with E-state index in [4.69, 9.17) is 20.4 Å². The smallest absolute Gasteiger partial charge is 0.335 e. The van der Waals surface area contributed by atoms with Crippen molar-refractivity contribution in [3.8, 4) is 0 Å². The molecule has 0 aliphatic heterocycles. The molecule has 1 aromatic rings. The number of unbranched alkanes of at least 4 members (excludes halogenated alkanes) is 1. The molecule has 0 unspecified atom stereocenters. The van der Waals surface area contributed by atoms with Crippen molar-refractivity contribution in [2.75, 3.05) is 0 Å². The summed E-state index contributed by atoms with van der Waals surface area (Å²) in [7, 11) is 0. The second-order valence-electron chi connectivity index (χ2n) is 3.81. The molecule has 0 aliphatic carbocycles. The van der Waals surface area contributed by atoms with Crippen LogP contribution in [0.15, 0.2) is 24.3 Å². The van der Waals surface area contributed by atoms with Crippen molar-refractivity contribution < 1.29 is 30.0 Å². The normalized spacial score (nSPS) is 9.68. The van der Waals surface area contributed by atoms with E-state index < -0.39 is 18.2 Å². The number of aliphatic hydroxyl groups is 2. The molecule has 0 spiro atoms. The summed E-state index contributed by atoms with van der Waals surface area (Å²) in [6.07, 6.45) is 1.34. The molecule has 0 atom stereocenters. The predicted molar refractivity (Wildman–Crippen MR) is 68.1 cm³/mol. The summed E-state index contributed by atoms with van der Waals surface area (Å²) in [4.78, 5) is 20.7. The summed E-state index contributed by atoms with van der Waals surface area (Å²) in [6, 6.07) is 5.02. The maximum Gasteiger partial charge on any atom is 0.335 e. The van der Waals surface area contributed by atoms with Gasteiger partial charge >= 0.3 is 11.9 Å². The standard InChI is InChI=1S/C8H6O4.C5H12O2/c9-7(10)5-1-2-6(4-3-5)8(11)12;1-2-3-4-5(6)7/h1-4H,(H,9,10)(H,11,12);5-7H,2-4H2,1H3. The van der Waals surface area contributed by atoms with Crippen molar-refractivity contribution in [1.82, 2.24) is 0 Å². The average molecular weight is 270 g/mol. The number of aliphatic hydroxyl groups excluding tert-OH is 1. The summed E-state index contributed by atoms with van der Waals surface area (Å²) in [6.45, 7) is 2.02. The van der Waals surface area contributed by atoms with Crippen LogP contribution in [-0.4, -0.2) is 38.7 Å². The van der Waals surface area contributed by atoms with Crippen molar-refractivity contribution in [3.05, 3.63) is 35.4 Å². The number of carboxylic acid groups (broad SMARTS) is 2. The molecule has 0 bridgehead atoms. The van der Waals surface area contributed by atoms with Gasteiger partial charge in [-0.3, -0.25) is 0 Å². The predicted octanol–water partition coefficient (Wildman–Crippen LogP) is 1.57. The number of hydrogen-bond acceptors (Lipinski definition) is 4. The molecule has 1 rings (SSSR count). The Kier molecular flexibility index (Phi) is 8.15. The first-order chi connectivity index (χ1) is 8.88. The van der Waals surface area contributed by atoms with Crippen LogP contribution in [0, 0.1) is 0 Å². The molecule has 19 heavy (non-hydrogen) atoms. The Morgan fingerprint density at radius 3 is 1.53 bits per heavy atom. The van der Waals surface area contributed by atoms with E-state index in [0.29, 0.717) is 6.42 Å². The maximum atomic E-state index is 10.3. The monoisotopic (exact) mass is 270 g/mol. The molecule has 0 saturated carbocycles. The van der Waals surface area contributed by atoms with E-state index in [-0.39, 0.29) is 11.1 Å². The molecule has 6 nitrogen and oxygen atoms in total. The van der Waals surface area contributed by atoms with Crippen LogP contribution in [0.4, 0.5) is 0 Å². The molecule has 0 radical (unpaired) electrons. The molecule has 0 aliphatic rings. The van der Waals surface area contributed by atoms with Gasteiger partial charge in [-0.25, -0.2) is 9.59 Å². The van der Waals surface area contributed by atoms with Gasteiger partial charge in [-0.1, -0.05) is 13.3 Å². The summed E-state index contributed by atoms with van der Waals surface area (Å²) < 4.78 is 0. The van der Waals surface area contributed by atoms with Gasteiger partial charge < -0.3 is 20.4 Å². The van der Waals surface area contributed by atoms with Gasteiger partial charge in [0.15, 0.2) is 6.29 Å². The lowest BCUT2D eigenvalue weighted by atomic mass is 10.1. The molecule has 0 fully saturated rings. The Balaban J connectivity index is 0.000000399. The highest BCUT2D eigenvalue weighted by molar-refractivity contribution is 5.91. The molecule has 4 N–H and O–H groups in total. The lowest BCUT2D eigenvalue weighted by molar-refractivity contribution is -0.0463. The van der Waals surface area contributed by atoms with Gasteiger partial charge in [0.25, 0.3) is 0 Å². The van der Waals surface area contributed by atoms with Crippen LogP contribution in [-0.2, 0) is 0 Å². The number of aromatic carboxylic acids is 2. The SMILES string of the molecule is CCCCC(O)O.O=C(O)c1ccc(C(=O)O)cc1. The van der Waals surface area contributed by atoms with E-state index in [1.807, 2.05) is 6.92 Å². The fourth-order valence-electron chi connectivity index (χ4n) is 1.14. The molecular weight excluding hydrogens is 252 g/mol. The van der Waals surface area contributed by atoms with Crippen molar-refractivity contribution in [3.63, 3.8) is 0 Å². The van der Waals surface area contributed by atoms with Crippen LogP contribution in [0.1, 0.15) is 46.9 Å². The van der Waals surface area contributed by atoms with E-state index in [1.165, 1.54) is 24.3 Å². The molecule has 0 heterocycles. The van der Waals surface area contributed by atoms with Crippen molar-refractivity contribution in [1.29, 1.82) is 0 Å². The largest absolute Gasteiger partial charge is 0.478 e. The van der Waals surface area contributed by atoms with E-state index in [0.717, 1.165) is 12.8 Å². The first kappa shape index (κ1) is 17.1. The quantitative estimate of drug-likeness (QED) is 0.604. The minimum atomic E-state index is -1.10. The molecule has 1 aromatic carbocycles. The summed E-state index contributed by atoms with van der Waals surface area (Å²) in [5, 5.41) is 33.4. The Bertz CT molecular complexity index is 363. The first-order valence-corrected chi connectivity index (χ1v) is 5.81. The van der Waals surface area contributed by atoms with E-state index in [2.05, 4.69) is 0 Å². The number of benzene rings is 1. The first-order valence-electron chi connectivity index (χ1n) is 5.81. The third kappa shape index (κ3) is 7.91. The third-order valence-electron chi connectivity index (χ3n) is 2.19. The van der Waals surface area contributed by atoms with Gasteiger partial charge in [0.2, 0.25) is 0 Å². The van der Waals surface area contributed by atoms with Crippen LogP contribution in [0.5, 0.6) is 0 Å². The molecule has 6 heteroatoms. The Morgan fingerprint density at radius 2 is 1.37 bits per heavy atom. The third-order valence-corrected chi connectivity index (χ3v) is 2.19. The number of hydrogen-bond donors (Lipinski definition) is 4. The highest BCUT2D eigenvalue weighted by atomic mass is 16.5. The van der Waals surface area contributed by atoms with Crippen molar-refractivity contribution >= 4 is 11.9 Å². The van der Waals surface area contributed by atoms with Crippen LogP contribution in [0.2, 0.25) is 0 Å². The van der Waals surface area contributed by atoms with Gasteiger partial charge in [0.05, 0.1) is 11.1 Å². The summed E-state index contributed by atoms with van der Waals surface area (Å²) >= 11 is 0. The highest BCUT2D eigenvalue weighted by Gasteiger charge is 2.04. The van der Waals surface area contributed by atoms with Crippen molar-refractivity contribution in [2.45, 2.75) is 32.5 Å². The fraction of sp³-hybridized carbons (Fsp3) is 0.385. The number of carboxylic acids is 2. The Hall–Kier alpha value is -1.92. The molecule has 0 saturated heterocycles. The van der Waals surface area contributed by atoms with Gasteiger partial charge in [0.1, 0.15) is 0 Å². The topological polar surface area (TPSA) is 115 Å². The maximum absolute atomic E-state index is 10.3. The van der Waals surface area contributed by atoms with E-state index >= 15 is 0 Å². The second-order valence-corrected chi connectivity index (χ2v) is 3.81. The van der Waals surface area contributed by atoms with E-state index in [1.54, 1.807) is 0 Å².